The highest BCUT2D eigenvalue weighted by molar-refractivity contribution is 5.85. The molecule has 1 amide bonds. The summed E-state index contributed by atoms with van der Waals surface area (Å²) in [6, 6.07) is 0.270. The van der Waals surface area contributed by atoms with Crippen LogP contribution in [0, 0.1) is 0 Å². The highest BCUT2D eigenvalue weighted by Crippen LogP contribution is 2.28. The van der Waals surface area contributed by atoms with Crippen molar-refractivity contribution in [3.05, 3.63) is 0 Å². The zero-order valence-electron chi connectivity index (χ0n) is 9.56. The SMILES string of the molecule is CC(C)(C)N(C(=O)O)C1CCC(N)C1.Cl. The van der Waals surface area contributed by atoms with Crippen LogP contribution in [0.5, 0.6) is 0 Å². The van der Waals surface area contributed by atoms with Gasteiger partial charge >= 0.3 is 6.09 Å². The van der Waals surface area contributed by atoms with Crippen LogP contribution in [0.4, 0.5) is 4.79 Å². The summed E-state index contributed by atoms with van der Waals surface area (Å²) >= 11 is 0. The first-order valence-corrected chi connectivity index (χ1v) is 5.10. The summed E-state index contributed by atoms with van der Waals surface area (Å²) < 4.78 is 0. The minimum Gasteiger partial charge on any atom is -0.465 e. The molecule has 0 aliphatic heterocycles. The number of hydrogen-bond donors (Lipinski definition) is 2. The van der Waals surface area contributed by atoms with E-state index in [9.17, 15) is 4.79 Å². The topological polar surface area (TPSA) is 66.6 Å². The van der Waals surface area contributed by atoms with E-state index in [4.69, 9.17) is 10.8 Å². The van der Waals surface area contributed by atoms with E-state index in [0.29, 0.717) is 0 Å². The Labute approximate surface area is 97.2 Å². The first-order chi connectivity index (χ1) is 6.32. The fraction of sp³-hybridized carbons (Fsp3) is 0.900. The van der Waals surface area contributed by atoms with Gasteiger partial charge in [-0.3, -0.25) is 0 Å². The molecule has 0 saturated heterocycles. The third kappa shape index (κ3) is 3.54. The molecule has 0 heterocycles. The Hall–Kier alpha value is -0.480. The second-order valence-electron chi connectivity index (χ2n) is 5.05. The smallest absolute Gasteiger partial charge is 0.407 e. The van der Waals surface area contributed by atoms with Crippen LogP contribution in [-0.4, -0.2) is 33.7 Å². The van der Waals surface area contributed by atoms with Crippen molar-refractivity contribution in [1.29, 1.82) is 0 Å². The number of nitrogens with two attached hydrogens (primary N) is 1. The lowest BCUT2D eigenvalue weighted by Crippen LogP contribution is -2.50. The first-order valence-electron chi connectivity index (χ1n) is 5.10. The minimum absolute atomic E-state index is 0. The maximum atomic E-state index is 11.1. The van der Waals surface area contributed by atoms with Gasteiger partial charge in [0.25, 0.3) is 0 Å². The summed E-state index contributed by atoms with van der Waals surface area (Å²) in [4.78, 5) is 12.7. The Kier molecular flexibility index (Phi) is 4.87. The summed E-state index contributed by atoms with van der Waals surface area (Å²) in [5.74, 6) is 0. The number of hydrogen-bond acceptors (Lipinski definition) is 2. The van der Waals surface area contributed by atoms with Gasteiger partial charge in [-0.15, -0.1) is 12.4 Å². The molecule has 1 aliphatic rings. The molecule has 0 spiro atoms. The van der Waals surface area contributed by atoms with E-state index in [0.717, 1.165) is 19.3 Å². The van der Waals surface area contributed by atoms with Crippen LogP contribution in [0.2, 0.25) is 0 Å². The van der Waals surface area contributed by atoms with Gasteiger partial charge in [-0.25, -0.2) is 4.79 Å². The normalized spacial score (nSPS) is 25.9. The van der Waals surface area contributed by atoms with Crippen molar-refractivity contribution in [2.24, 2.45) is 5.73 Å². The summed E-state index contributed by atoms with van der Waals surface area (Å²) in [6.07, 6.45) is 1.79. The molecule has 0 bridgehead atoms. The molecule has 5 heteroatoms. The third-order valence-electron chi connectivity index (χ3n) is 2.74. The van der Waals surface area contributed by atoms with Crippen molar-refractivity contribution in [3.63, 3.8) is 0 Å². The molecule has 1 saturated carbocycles. The molecule has 0 aromatic rings. The molecule has 1 rings (SSSR count). The van der Waals surface area contributed by atoms with Crippen LogP contribution in [0.15, 0.2) is 0 Å². The number of carbonyl (C=O) groups is 1. The Morgan fingerprint density at radius 3 is 2.20 bits per heavy atom. The molecular formula is C10H21ClN2O2. The number of halogens is 1. The molecule has 0 radical (unpaired) electrons. The lowest BCUT2D eigenvalue weighted by molar-refractivity contribution is 0.0716. The van der Waals surface area contributed by atoms with Gasteiger partial charge in [0.15, 0.2) is 0 Å². The van der Waals surface area contributed by atoms with E-state index in [1.165, 1.54) is 0 Å². The van der Waals surface area contributed by atoms with Gasteiger partial charge in [-0.2, -0.15) is 0 Å². The molecule has 15 heavy (non-hydrogen) atoms. The quantitative estimate of drug-likeness (QED) is 0.733. The molecule has 1 fully saturated rings. The molecular weight excluding hydrogens is 216 g/mol. The van der Waals surface area contributed by atoms with Crippen molar-refractivity contribution in [1.82, 2.24) is 4.90 Å². The second-order valence-corrected chi connectivity index (χ2v) is 5.05. The molecule has 90 valence electrons. The Morgan fingerprint density at radius 2 is 1.93 bits per heavy atom. The van der Waals surface area contributed by atoms with Crippen LogP contribution in [0.1, 0.15) is 40.0 Å². The van der Waals surface area contributed by atoms with Crippen LogP contribution < -0.4 is 5.73 Å². The number of carboxylic acid groups (broad SMARTS) is 1. The lowest BCUT2D eigenvalue weighted by atomic mass is 10.0. The van der Waals surface area contributed by atoms with E-state index in [1.807, 2.05) is 20.8 Å². The van der Waals surface area contributed by atoms with Crippen LogP contribution in [0.25, 0.3) is 0 Å². The summed E-state index contributed by atoms with van der Waals surface area (Å²) in [7, 11) is 0. The standard InChI is InChI=1S/C10H20N2O2.ClH/c1-10(2,3)12(9(13)14)8-5-4-7(11)6-8;/h7-8H,4-6,11H2,1-3H3,(H,13,14);1H. The zero-order valence-corrected chi connectivity index (χ0v) is 10.4. The maximum Gasteiger partial charge on any atom is 0.407 e. The Bertz CT molecular complexity index is 228. The lowest BCUT2D eigenvalue weighted by Gasteiger charge is -2.38. The molecule has 0 aromatic heterocycles. The second kappa shape index (κ2) is 5.03. The van der Waals surface area contributed by atoms with Crippen molar-refractivity contribution < 1.29 is 9.90 Å². The highest BCUT2D eigenvalue weighted by Gasteiger charge is 2.36. The molecule has 4 nitrogen and oxygen atoms in total. The predicted octanol–water partition coefficient (Wildman–Crippen LogP) is 2.07. The Morgan fingerprint density at radius 1 is 1.40 bits per heavy atom. The highest BCUT2D eigenvalue weighted by atomic mass is 35.5. The number of nitrogens with zero attached hydrogens (tertiary/aromatic N) is 1. The Balaban J connectivity index is 0.00000196. The zero-order chi connectivity index (χ0) is 10.9. The van der Waals surface area contributed by atoms with Gasteiger partial charge < -0.3 is 15.7 Å². The number of amides is 1. The minimum atomic E-state index is -0.836. The van der Waals surface area contributed by atoms with Crippen molar-refractivity contribution in [2.45, 2.75) is 57.7 Å². The van der Waals surface area contributed by atoms with E-state index >= 15 is 0 Å². The van der Waals surface area contributed by atoms with Gasteiger partial charge in [0.05, 0.1) is 0 Å². The maximum absolute atomic E-state index is 11.1. The van der Waals surface area contributed by atoms with Crippen LogP contribution in [0.3, 0.4) is 0 Å². The van der Waals surface area contributed by atoms with E-state index in [-0.39, 0.29) is 30.0 Å². The first kappa shape index (κ1) is 14.5. The molecule has 3 N–H and O–H groups in total. The molecule has 0 aromatic carbocycles. The summed E-state index contributed by atoms with van der Waals surface area (Å²) in [5.41, 5.74) is 5.45. The molecule has 1 aliphatic carbocycles. The number of rotatable bonds is 1. The molecule has 2 atom stereocenters. The van der Waals surface area contributed by atoms with Gasteiger partial charge in [-0.1, -0.05) is 0 Å². The van der Waals surface area contributed by atoms with Gasteiger partial charge in [0.1, 0.15) is 0 Å². The van der Waals surface area contributed by atoms with Gasteiger partial charge in [0, 0.05) is 17.6 Å². The van der Waals surface area contributed by atoms with Gasteiger partial charge in [0.2, 0.25) is 0 Å². The van der Waals surface area contributed by atoms with E-state index in [1.54, 1.807) is 4.90 Å². The summed E-state index contributed by atoms with van der Waals surface area (Å²) in [6.45, 7) is 5.76. The average molecular weight is 237 g/mol. The van der Waals surface area contributed by atoms with E-state index < -0.39 is 6.09 Å². The van der Waals surface area contributed by atoms with Crippen LogP contribution >= 0.6 is 12.4 Å². The molecule has 2 unspecified atom stereocenters. The van der Waals surface area contributed by atoms with Crippen molar-refractivity contribution in [3.8, 4) is 0 Å². The average Bonchev–Trinajstić information content (AvgIpc) is 2.31. The fourth-order valence-corrected chi connectivity index (χ4v) is 2.22. The summed E-state index contributed by atoms with van der Waals surface area (Å²) in [5, 5.41) is 9.14. The van der Waals surface area contributed by atoms with Crippen LogP contribution in [-0.2, 0) is 0 Å². The van der Waals surface area contributed by atoms with E-state index in [2.05, 4.69) is 0 Å². The van der Waals surface area contributed by atoms with Crippen molar-refractivity contribution >= 4 is 18.5 Å². The van der Waals surface area contributed by atoms with Crippen molar-refractivity contribution in [2.75, 3.05) is 0 Å². The monoisotopic (exact) mass is 236 g/mol. The fourth-order valence-electron chi connectivity index (χ4n) is 2.22. The van der Waals surface area contributed by atoms with Gasteiger partial charge in [-0.05, 0) is 40.0 Å². The third-order valence-corrected chi connectivity index (χ3v) is 2.74. The largest absolute Gasteiger partial charge is 0.465 e. The predicted molar refractivity (Wildman–Crippen MR) is 62.5 cm³/mol.